The Kier molecular flexibility index (Phi) is 6.48. The molecule has 0 radical (unpaired) electrons. The van der Waals surface area contributed by atoms with Crippen LogP contribution in [0, 0.1) is 19.8 Å². The molecule has 2 aromatic rings. The molecule has 1 unspecified atom stereocenters. The first-order valence-corrected chi connectivity index (χ1v) is 13.3. The maximum atomic E-state index is 13.3. The summed E-state index contributed by atoms with van der Waals surface area (Å²) in [4.78, 5) is 20.4. The predicted molar refractivity (Wildman–Crippen MR) is 135 cm³/mol. The van der Waals surface area contributed by atoms with E-state index in [1.165, 1.54) is 4.31 Å². The minimum atomic E-state index is -3.99. The van der Waals surface area contributed by atoms with Gasteiger partial charge < -0.3 is 10.6 Å². The van der Waals surface area contributed by atoms with Crippen molar-refractivity contribution in [1.82, 2.24) is 14.0 Å². The number of aryl methyl sites for hydroxylation is 2. The summed E-state index contributed by atoms with van der Waals surface area (Å²) in [7, 11) is -3.99. The van der Waals surface area contributed by atoms with Crippen molar-refractivity contribution >= 4 is 21.9 Å². The van der Waals surface area contributed by atoms with Crippen molar-refractivity contribution in [1.29, 1.82) is 0 Å². The first-order valence-electron chi connectivity index (χ1n) is 11.8. The fraction of sp³-hybridized carbons (Fsp3) is 0.520. The minimum absolute atomic E-state index is 0.204. The van der Waals surface area contributed by atoms with Gasteiger partial charge in [0.05, 0.1) is 11.3 Å². The largest absolute Gasteiger partial charge is 0.351 e. The molecule has 1 aromatic heterocycles. The number of amides is 1. The summed E-state index contributed by atoms with van der Waals surface area (Å²) in [6, 6.07) is 9.50. The van der Waals surface area contributed by atoms with E-state index in [0.717, 1.165) is 35.3 Å². The Labute approximate surface area is 202 Å². The van der Waals surface area contributed by atoms with Crippen molar-refractivity contribution in [3.05, 3.63) is 47.0 Å². The quantitative estimate of drug-likeness (QED) is 0.674. The standard InChI is InChI=1S/C25H35N5O3S/c1-16-12-17(2)14-19(13-16)22-7-6-21(23(27-22)30-11-8-18(3)25(30,4)5)24(31)28-34(32,33)29-10-9-20(26)15-29/h6-7,12-14,18,20H,8-11,15,26H2,1-5H3,(H,28,31)/t18?,20-/m0/s1. The molecule has 4 rings (SSSR count). The number of nitrogens with one attached hydrogen (secondary N) is 1. The summed E-state index contributed by atoms with van der Waals surface area (Å²) >= 11 is 0. The Morgan fingerprint density at radius 2 is 1.79 bits per heavy atom. The van der Waals surface area contributed by atoms with Crippen LogP contribution in [0.4, 0.5) is 5.82 Å². The van der Waals surface area contributed by atoms with Gasteiger partial charge in [-0.3, -0.25) is 4.79 Å². The third-order valence-electron chi connectivity index (χ3n) is 7.33. The van der Waals surface area contributed by atoms with Crippen LogP contribution >= 0.6 is 0 Å². The number of aromatic nitrogens is 1. The molecule has 1 amide bonds. The van der Waals surface area contributed by atoms with E-state index in [0.29, 0.717) is 24.7 Å². The monoisotopic (exact) mass is 485 g/mol. The smallest absolute Gasteiger partial charge is 0.304 e. The molecule has 3 N–H and O–H groups in total. The average Bonchev–Trinajstić information content (AvgIpc) is 3.30. The summed E-state index contributed by atoms with van der Waals surface area (Å²) in [5.74, 6) is 0.229. The van der Waals surface area contributed by atoms with Crippen LogP contribution in [0.2, 0.25) is 0 Å². The lowest BCUT2D eigenvalue weighted by Gasteiger charge is -2.36. The van der Waals surface area contributed by atoms with E-state index in [1.807, 2.05) is 13.8 Å². The number of hydrogen-bond donors (Lipinski definition) is 2. The maximum absolute atomic E-state index is 13.3. The van der Waals surface area contributed by atoms with Gasteiger partial charge in [0.1, 0.15) is 5.82 Å². The molecule has 2 aliphatic rings. The molecule has 2 aliphatic heterocycles. The summed E-state index contributed by atoms with van der Waals surface area (Å²) in [5.41, 5.74) is 9.87. The van der Waals surface area contributed by atoms with E-state index in [-0.39, 0.29) is 23.7 Å². The molecule has 184 valence electrons. The third kappa shape index (κ3) is 4.69. The van der Waals surface area contributed by atoms with E-state index < -0.39 is 16.1 Å². The lowest BCUT2D eigenvalue weighted by Crippen LogP contribution is -2.45. The molecule has 34 heavy (non-hydrogen) atoms. The third-order valence-corrected chi connectivity index (χ3v) is 8.78. The highest BCUT2D eigenvalue weighted by Gasteiger charge is 2.41. The molecule has 0 spiro atoms. The number of carbonyl (C=O) groups excluding carboxylic acids is 1. The number of anilines is 1. The molecule has 2 atom stereocenters. The molecular weight excluding hydrogens is 450 g/mol. The van der Waals surface area contributed by atoms with Crippen LogP contribution in [0.5, 0.6) is 0 Å². The Morgan fingerprint density at radius 1 is 1.12 bits per heavy atom. The van der Waals surface area contributed by atoms with Crippen LogP contribution < -0.4 is 15.4 Å². The number of benzene rings is 1. The number of nitrogens with zero attached hydrogens (tertiary/aromatic N) is 3. The first kappa shape index (κ1) is 24.6. The summed E-state index contributed by atoms with van der Waals surface area (Å²) in [6.07, 6.45) is 1.54. The molecule has 2 fully saturated rings. The SMILES string of the molecule is Cc1cc(C)cc(-c2ccc(C(=O)NS(=O)(=O)N3CC[C@H](N)C3)c(N3CCC(C)C3(C)C)n2)c1. The zero-order chi connectivity index (χ0) is 24.8. The highest BCUT2D eigenvalue weighted by Crippen LogP contribution is 2.39. The topological polar surface area (TPSA) is 109 Å². The summed E-state index contributed by atoms with van der Waals surface area (Å²) in [6.45, 7) is 11.8. The van der Waals surface area contributed by atoms with Crippen molar-refractivity contribution in [2.45, 2.75) is 59.0 Å². The van der Waals surface area contributed by atoms with Crippen molar-refractivity contribution < 1.29 is 13.2 Å². The molecule has 9 heteroatoms. The number of pyridine rings is 1. The second-order valence-electron chi connectivity index (χ2n) is 10.3. The van der Waals surface area contributed by atoms with Crippen molar-refractivity contribution in [2.24, 2.45) is 11.7 Å². The highest BCUT2D eigenvalue weighted by molar-refractivity contribution is 7.87. The predicted octanol–water partition coefficient (Wildman–Crippen LogP) is 3.00. The lowest BCUT2D eigenvalue weighted by molar-refractivity contribution is 0.0979. The van der Waals surface area contributed by atoms with E-state index in [9.17, 15) is 13.2 Å². The van der Waals surface area contributed by atoms with Crippen LogP contribution in [0.1, 0.15) is 55.1 Å². The van der Waals surface area contributed by atoms with Crippen molar-refractivity contribution in [3.8, 4) is 11.3 Å². The molecule has 0 saturated carbocycles. The van der Waals surface area contributed by atoms with Gasteiger partial charge in [0.2, 0.25) is 0 Å². The molecule has 0 aliphatic carbocycles. The normalized spacial score (nSPS) is 22.8. The second-order valence-corrected chi connectivity index (χ2v) is 12.0. The Balaban J connectivity index is 1.75. The summed E-state index contributed by atoms with van der Waals surface area (Å²) < 4.78 is 29.2. The summed E-state index contributed by atoms with van der Waals surface area (Å²) in [5, 5.41) is 0. The maximum Gasteiger partial charge on any atom is 0.304 e. The second kappa shape index (κ2) is 8.94. The van der Waals surface area contributed by atoms with Gasteiger partial charge in [0.15, 0.2) is 0 Å². The van der Waals surface area contributed by atoms with Gasteiger partial charge in [-0.25, -0.2) is 9.71 Å². The fourth-order valence-corrected chi connectivity index (χ4v) is 6.14. The number of nitrogens with two attached hydrogens (primary N) is 1. The molecule has 2 saturated heterocycles. The number of rotatable bonds is 5. The van der Waals surface area contributed by atoms with E-state index in [1.54, 1.807) is 12.1 Å². The van der Waals surface area contributed by atoms with Crippen LogP contribution in [-0.4, -0.2) is 54.8 Å². The molecule has 8 nitrogen and oxygen atoms in total. The zero-order valence-corrected chi connectivity index (χ0v) is 21.4. The number of hydrogen-bond acceptors (Lipinski definition) is 6. The van der Waals surface area contributed by atoms with Gasteiger partial charge in [-0.15, -0.1) is 0 Å². The molecule has 3 heterocycles. The van der Waals surface area contributed by atoms with Gasteiger partial charge in [0.25, 0.3) is 5.91 Å². The fourth-order valence-electron chi connectivity index (χ4n) is 4.93. The first-order chi connectivity index (χ1) is 15.9. The molecule has 1 aromatic carbocycles. The Morgan fingerprint density at radius 3 is 2.35 bits per heavy atom. The molecular formula is C25H35N5O3S. The lowest BCUT2D eigenvalue weighted by atomic mass is 9.90. The van der Waals surface area contributed by atoms with Gasteiger partial charge in [0, 0.05) is 36.8 Å². The van der Waals surface area contributed by atoms with E-state index in [2.05, 4.69) is 48.6 Å². The number of carbonyl (C=O) groups is 1. The Hall–Kier alpha value is -2.49. The van der Waals surface area contributed by atoms with E-state index in [4.69, 9.17) is 10.7 Å². The van der Waals surface area contributed by atoms with Crippen LogP contribution in [0.3, 0.4) is 0 Å². The zero-order valence-electron chi connectivity index (χ0n) is 20.6. The van der Waals surface area contributed by atoms with Crippen LogP contribution in [-0.2, 0) is 10.2 Å². The van der Waals surface area contributed by atoms with Gasteiger partial charge in [-0.2, -0.15) is 12.7 Å². The van der Waals surface area contributed by atoms with E-state index >= 15 is 0 Å². The highest BCUT2D eigenvalue weighted by atomic mass is 32.2. The average molecular weight is 486 g/mol. The van der Waals surface area contributed by atoms with Gasteiger partial charge >= 0.3 is 10.2 Å². The molecule has 0 bridgehead atoms. The van der Waals surface area contributed by atoms with Crippen molar-refractivity contribution in [2.75, 3.05) is 24.5 Å². The van der Waals surface area contributed by atoms with Crippen molar-refractivity contribution in [3.63, 3.8) is 0 Å². The minimum Gasteiger partial charge on any atom is -0.351 e. The van der Waals surface area contributed by atoms with Gasteiger partial charge in [-0.05, 0) is 70.7 Å². The van der Waals surface area contributed by atoms with Crippen LogP contribution in [0.15, 0.2) is 30.3 Å². The van der Waals surface area contributed by atoms with Crippen LogP contribution in [0.25, 0.3) is 11.3 Å². The van der Waals surface area contributed by atoms with Gasteiger partial charge in [-0.1, -0.05) is 24.1 Å². The Bertz CT molecular complexity index is 1190.